The quantitative estimate of drug-likeness (QED) is 0.172. The van der Waals surface area contributed by atoms with E-state index >= 15 is 0 Å². The number of fused-ring (bicyclic) bond motifs is 3. The summed E-state index contributed by atoms with van der Waals surface area (Å²) in [5.41, 5.74) is 8.62. The molecule has 2 nitrogen and oxygen atoms in total. The minimum absolute atomic E-state index is 0.120. The van der Waals surface area contributed by atoms with Gasteiger partial charge >= 0.3 is 0 Å². The first-order valence-corrected chi connectivity index (χ1v) is 16.5. The fraction of sp³-hybridized carbons (Fsp3) is 0.0250. The third-order valence-electron chi connectivity index (χ3n) is 10.1. The van der Waals surface area contributed by atoms with Gasteiger partial charge in [-0.1, -0.05) is 88.6 Å². The first kappa shape index (κ1) is 34.3. The highest BCUT2D eigenvalue weighted by molar-refractivity contribution is 6.70. The lowest BCUT2D eigenvalue weighted by Gasteiger charge is -2.26. The van der Waals surface area contributed by atoms with Gasteiger partial charge in [-0.05, 0) is 80.6 Å². The molecule has 1 heterocycles. The van der Waals surface area contributed by atoms with Gasteiger partial charge in [0.05, 0.1) is 16.7 Å². The minimum Gasteiger partial charge on any atom is -0.296 e. The number of nitrogens with zero attached hydrogens (tertiary/aromatic N) is 2. The Kier molecular flexibility index (Phi) is 8.37. The Morgan fingerprint density at radius 1 is 0.423 bits per heavy atom. The molecule has 0 aliphatic rings. The summed E-state index contributed by atoms with van der Waals surface area (Å²) in [5, 5.41) is 3.39. The largest absolute Gasteiger partial charge is 0.296 e. The van der Waals surface area contributed by atoms with Crippen LogP contribution in [0.5, 0.6) is 0 Å². The van der Waals surface area contributed by atoms with Crippen LogP contribution in [-0.2, 0) is 0 Å². The summed E-state index contributed by atoms with van der Waals surface area (Å²) < 4.78 is 2.17. The molecule has 8 rings (SSSR count). The summed E-state index contributed by atoms with van der Waals surface area (Å²) >= 11 is 0. The first-order chi connectivity index (χ1) is 24.9. The van der Waals surface area contributed by atoms with E-state index in [9.17, 15) is 0 Å². The van der Waals surface area contributed by atoms with Crippen molar-refractivity contribution in [2.75, 3.05) is 0 Å². The Balaban J connectivity index is 1.58. The molecule has 0 amide bonds. The van der Waals surface area contributed by atoms with Crippen molar-refractivity contribution in [1.82, 2.24) is 9.55 Å². The highest BCUT2D eigenvalue weighted by atomic mass is 15.1. The lowest BCUT2D eigenvalue weighted by molar-refractivity contribution is 1.00. The molecule has 0 N–H and O–H groups in total. The van der Waals surface area contributed by atoms with Gasteiger partial charge in [-0.3, -0.25) is 4.57 Å². The highest BCUT2D eigenvalue weighted by Crippen LogP contribution is 2.45. The molecule has 20 radical (unpaired) electrons. The summed E-state index contributed by atoms with van der Waals surface area (Å²) in [6, 6.07) is 30.3. The molecule has 0 aliphatic heterocycles. The number of benzene rings is 7. The lowest BCUT2D eigenvalue weighted by Crippen LogP contribution is -2.55. The summed E-state index contributed by atoms with van der Waals surface area (Å²) in [6.07, 6.45) is 0. The van der Waals surface area contributed by atoms with Crippen LogP contribution in [0.3, 0.4) is 0 Å². The molecule has 8 aromatic rings. The third kappa shape index (κ3) is 4.97. The fourth-order valence-corrected chi connectivity index (χ4v) is 7.50. The van der Waals surface area contributed by atoms with Crippen LogP contribution in [0.2, 0.25) is 0 Å². The second-order valence-electron chi connectivity index (χ2n) is 12.9. The normalized spacial score (nSPS) is 11.6. The number of hydrogen-bond donors (Lipinski definition) is 0. The molecule has 0 spiro atoms. The van der Waals surface area contributed by atoms with Crippen molar-refractivity contribution < 1.29 is 0 Å². The van der Waals surface area contributed by atoms with E-state index in [-0.39, 0.29) is 54.6 Å². The number of aromatic nitrogens is 2. The molecule has 218 valence electrons. The molecule has 0 fully saturated rings. The van der Waals surface area contributed by atoms with Crippen molar-refractivity contribution in [3.63, 3.8) is 0 Å². The maximum atomic E-state index is 6.79. The highest BCUT2D eigenvalue weighted by Gasteiger charge is 2.24. The van der Waals surface area contributed by atoms with Crippen molar-refractivity contribution in [2.45, 2.75) is 6.92 Å². The molecule has 0 saturated carbocycles. The second-order valence-corrected chi connectivity index (χ2v) is 12.9. The standard InChI is InChI=1S/C40H18B10N2/c1-17-51-24-11-5-7-13-26(24)52(17)25-12-6-4-10-22(25)28-19-8-2-3-9-20(19)29(30-33(43)37(47)40(50)38(48)34(30)44)23-16-18(14-15-21(23)28)27-31(41)35(45)39(49)36(46)32(27)42/h2-16H,1H3. The topological polar surface area (TPSA) is 17.8 Å². The van der Waals surface area contributed by atoms with Gasteiger partial charge in [-0.25, -0.2) is 4.98 Å². The van der Waals surface area contributed by atoms with Crippen molar-refractivity contribution in [3.8, 4) is 39.1 Å². The van der Waals surface area contributed by atoms with Crippen LogP contribution in [0.1, 0.15) is 5.82 Å². The molecular weight excluding hydrogens is 617 g/mol. The zero-order chi connectivity index (χ0) is 36.7. The van der Waals surface area contributed by atoms with Crippen molar-refractivity contribution in [3.05, 3.63) is 96.8 Å². The van der Waals surface area contributed by atoms with E-state index in [2.05, 4.69) is 28.8 Å². The van der Waals surface area contributed by atoms with Gasteiger partial charge < -0.3 is 0 Å². The van der Waals surface area contributed by atoms with Crippen LogP contribution in [-0.4, -0.2) is 88.0 Å². The molecule has 12 heteroatoms. The average Bonchev–Trinajstić information content (AvgIpc) is 3.50. The Bertz CT molecular complexity index is 2770. The number of hydrogen-bond acceptors (Lipinski definition) is 1. The van der Waals surface area contributed by atoms with E-state index in [1.165, 1.54) is 0 Å². The van der Waals surface area contributed by atoms with Gasteiger partial charge in [0.15, 0.2) is 0 Å². The van der Waals surface area contributed by atoms with Gasteiger partial charge in [0, 0.05) is 5.56 Å². The predicted octanol–water partition coefficient (Wildman–Crippen LogP) is -1.42. The van der Waals surface area contributed by atoms with Crippen LogP contribution in [0.15, 0.2) is 91.0 Å². The van der Waals surface area contributed by atoms with Gasteiger partial charge in [0.25, 0.3) is 0 Å². The summed E-state index contributed by atoms with van der Waals surface area (Å²) in [7, 11) is 64.8. The van der Waals surface area contributed by atoms with E-state index in [1.807, 2.05) is 73.7 Å². The van der Waals surface area contributed by atoms with Gasteiger partial charge in [0.1, 0.15) is 84.3 Å². The Morgan fingerprint density at radius 3 is 1.54 bits per heavy atom. The van der Waals surface area contributed by atoms with Crippen LogP contribution >= 0.6 is 0 Å². The maximum absolute atomic E-state index is 6.79. The summed E-state index contributed by atoms with van der Waals surface area (Å²) in [4.78, 5) is 4.88. The van der Waals surface area contributed by atoms with Crippen LogP contribution in [0.25, 0.3) is 71.6 Å². The molecular formula is C40H18B10N2. The summed E-state index contributed by atoms with van der Waals surface area (Å²) in [5.74, 6) is 0.846. The fourth-order valence-electron chi connectivity index (χ4n) is 7.50. The molecule has 0 saturated heterocycles. The molecule has 1 aromatic heterocycles. The Morgan fingerprint density at radius 2 is 0.904 bits per heavy atom. The number of rotatable bonds is 4. The van der Waals surface area contributed by atoms with Crippen molar-refractivity contribution in [2.24, 2.45) is 0 Å². The SMILES string of the molecule is [B]c1c([B])c([B])c(-c2ccc3c(-c4ccccc4-n4c(C)nc5ccccc54)c4ccccc4c(-c4c([B])c([B])c([B])c([B])c4[B])c3c2)c([B])c1[B]. The van der Waals surface area contributed by atoms with E-state index in [0.29, 0.717) is 22.3 Å². The molecule has 52 heavy (non-hydrogen) atoms. The number of imidazole rings is 1. The van der Waals surface area contributed by atoms with Crippen LogP contribution in [0.4, 0.5) is 0 Å². The van der Waals surface area contributed by atoms with Crippen LogP contribution < -0.4 is 54.6 Å². The maximum Gasteiger partial charge on any atom is 0.113 e. The van der Waals surface area contributed by atoms with E-state index in [1.54, 1.807) is 0 Å². The Hall–Kier alpha value is -4.82. The monoisotopic (exact) mass is 636 g/mol. The molecule has 0 bridgehead atoms. The average molecular weight is 635 g/mol. The number of para-hydroxylation sites is 3. The number of aryl methyl sites for hydroxylation is 1. The Labute approximate surface area is 316 Å². The second kappa shape index (κ2) is 12.7. The van der Waals surface area contributed by atoms with Gasteiger partial charge in [0.2, 0.25) is 0 Å². The zero-order valence-corrected chi connectivity index (χ0v) is 28.3. The van der Waals surface area contributed by atoms with Gasteiger partial charge in [-0.2, -0.15) is 0 Å². The lowest BCUT2D eigenvalue weighted by atomic mass is 9.59. The van der Waals surface area contributed by atoms with E-state index < -0.39 is 0 Å². The van der Waals surface area contributed by atoms with Crippen molar-refractivity contribution in [1.29, 1.82) is 0 Å². The smallest absolute Gasteiger partial charge is 0.113 e. The zero-order valence-electron chi connectivity index (χ0n) is 28.3. The summed E-state index contributed by atoms with van der Waals surface area (Å²) in [6.45, 7) is 2.00. The third-order valence-corrected chi connectivity index (χ3v) is 10.1. The molecule has 0 aliphatic carbocycles. The van der Waals surface area contributed by atoms with E-state index in [4.69, 9.17) is 83.4 Å². The van der Waals surface area contributed by atoms with E-state index in [0.717, 1.165) is 55.2 Å². The molecule has 0 unspecified atom stereocenters. The molecule has 7 aromatic carbocycles. The van der Waals surface area contributed by atoms with Gasteiger partial charge in [-0.15, -0.1) is 32.8 Å². The molecule has 0 atom stereocenters. The van der Waals surface area contributed by atoms with Crippen molar-refractivity contribution >= 4 is 166 Å². The van der Waals surface area contributed by atoms with Crippen LogP contribution in [0, 0.1) is 6.92 Å². The predicted molar refractivity (Wildman–Crippen MR) is 231 cm³/mol. The first-order valence-electron chi connectivity index (χ1n) is 16.5. The minimum atomic E-state index is 0.120.